The van der Waals surface area contributed by atoms with E-state index in [2.05, 4.69) is 15.3 Å². The summed E-state index contributed by atoms with van der Waals surface area (Å²) >= 11 is 1.62. The van der Waals surface area contributed by atoms with Crippen LogP contribution in [0.3, 0.4) is 0 Å². The quantitative estimate of drug-likeness (QED) is 0.587. The number of carbonyl (C=O) groups is 1. The molecule has 4 aromatic rings. The Kier molecular flexibility index (Phi) is 4.24. The third-order valence-corrected chi connectivity index (χ3v) is 5.39. The molecule has 0 aliphatic rings. The SMILES string of the molecule is CCn1c(=O)c(C)nc2cc(C(=O)Nc3ccc4sc(C)nc4c3)ccc21. The van der Waals surface area contributed by atoms with Gasteiger partial charge in [-0.1, -0.05) is 0 Å². The minimum Gasteiger partial charge on any atom is -0.322 e. The standard InChI is InChI=1S/C20H18N4O2S/c1-4-24-17-7-5-13(9-15(17)21-11(2)20(24)26)19(25)23-14-6-8-18-16(10-14)22-12(3)27-18/h5-10H,4H2,1-3H3,(H,23,25). The molecule has 2 aromatic heterocycles. The van der Waals surface area contributed by atoms with Crippen LogP contribution in [0.15, 0.2) is 41.2 Å². The second-order valence-corrected chi connectivity index (χ2v) is 7.55. The molecule has 0 atom stereocenters. The van der Waals surface area contributed by atoms with Crippen molar-refractivity contribution in [3.8, 4) is 0 Å². The van der Waals surface area contributed by atoms with Crippen molar-refractivity contribution in [1.82, 2.24) is 14.5 Å². The first kappa shape index (κ1) is 17.4. The number of hydrogen-bond acceptors (Lipinski definition) is 5. The first-order valence-corrected chi connectivity index (χ1v) is 9.47. The Morgan fingerprint density at radius 2 is 1.93 bits per heavy atom. The van der Waals surface area contributed by atoms with Gasteiger partial charge in [-0.25, -0.2) is 9.97 Å². The van der Waals surface area contributed by atoms with E-state index in [0.717, 1.165) is 20.7 Å². The summed E-state index contributed by atoms with van der Waals surface area (Å²) in [6.45, 7) is 6.11. The molecule has 7 heteroatoms. The summed E-state index contributed by atoms with van der Waals surface area (Å²) in [6, 6.07) is 10.9. The molecule has 136 valence electrons. The number of anilines is 1. The molecule has 0 fully saturated rings. The maximum atomic E-state index is 12.7. The maximum absolute atomic E-state index is 12.7. The van der Waals surface area contributed by atoms with Crippen LogP contribution in [0.2, 0.25) is 0 Å². The molecule has 0 saturated heterocycles. The van der Waals surface area contributed by atoms with E-state index in [1.54, 1.807) is 41.0 Å². The lowest BCUT2D eigenvalue weighted by atomic mass is 10.1. The van der Waals surface area contributed by atoms with Crippen LogP contribution in [-0.2, 0) is 6.54 Å². The highest BCUT2D eigenvalue weighted by molar-refractivity contribution is 7.18. The number of thiazole rings is 1. The first-order valence-electron chi connectivity index (χ1n) is 8.66. The number of amides is 1. The van der Waals surface area contributed by atoms with Gasteiger partial charge in [-0.2, -0.15) is 0 Å². The average Bonchev–Trinajstić information content (AvgIpc) is 3.01. The van der Waals surface area contributed by atoms with Gasteiger partial charge in [-0.05, 0) is 57.2 Å². The van der Waals surface area contributed by atoms with Crippen LogP contribution in [0, 0.1) is 13.8 Å². The highest BCUT2D eigenvalue weighted by atomic mass is 32.1. The van der Waals surface area contributed by atoms with Gasteiger partial charge in [0.25, 0.3) is 11.5 Å². The molecule has 4 rings (SSSR count). The van der Waals surface area contributed by atoms with Gasteiger partial charge < -0.3 is 9.88 Å². The molecule has 0 aliphatic heterocycles. The lowest BCUT2D eigenvalue weighted by Crippen LogP contribution is -2.23. The van der Waals surface area contributed by atoms with E-state index < -0.39 is 0 Å². The van der Waals surface area contributed by atoms with Crippen molar-refractivity contribution in [3.63, 3.8) is 0 Å². The lowest BCUT2D eigenvalue weighted by molar-refractivity contribution is 0.102. The molecule has 2 heterocycles. The monoisotopic (exact) mass is 378 g/mol. The van der Waals surface area contributed by atoms with Crippen molar-refractivity contribution in [2.75, 3.05) is 5.32 Å². The van der Waals surface area contributed by atoms with Crippen molar-refractivity contribution < 1.29 is 4.79 Å². The van der Waals surface area contributed by atoms with Gasteiger partial charge >= 0.3 is 0 Å². The predicted molar refractivity (Wildman–Crippen MR) is 109 cm³/mol. The third-order valence-electron chi connectivity index (χ3n) is 4.44. The lowest BCUT2D eigenvalue weighted by Gasteiger charge is -2.10. The number of hydrogen-bond donors (Lipinski definition) is 1. The molecule has 0 radical (unpaired) electrons. The molecule has 1 N–H and O–H groups in total. The maximum Gasteiger partial charge on any atom is 0.272 e. The molecular formula is C20H18N4O2S. The van der Waals surface area contributed by atoms with E-state index in [4.69, 9.17) is 0 Å². The van der Waals surface area contributed by atoms with Crippen LogP contribution in [0.4, 0.5) is 5.69 Å². The summed E-state index contributed by atoms with van der Waals surface area (Å²) < 4.78 is 2.76. The number of carbonyl (C=O) groups excluding carboxylic acids is 1. The van der Waals surface area contributed by atoms with Crippen molar-refractivity contribution in [2.24, 2.45) is 0 Å². The Hall–Kier alpha value is -3.06. The van der Waals surface area contributed by atoms with Crippen molar-refractivity contribution >= 4 is 44.2 Å². The predicted octanol–water partition coefficient (Wildman–Crippen LogP) is 3.90. The molecule has 0 aliphatic carbocycles. The number of fused-ring (bicyclic) bond motifs is 2. The first-order chi connectivity index (χ1) is 13.0. The van der Waals surface area contributed by atoms with E-state index in [1.807, 2.05) is 32.0 Å². The summed E-state index contributed by atoms with van der Waals surface area (Å²) in [6.07, 6.45) is 0. The highest BCUT2D eigenvalue weighted by Gasteiger charge is 2.12. The van der Waals surface area contributed by atoms with Crippen molar-refractivity contribution in [3.05, 3.63) is 63.0 Å². The Bertz CT molecular complexity index is 1260. The zero-order chi connectivity index (χ0) is 19.1. The molecule has 0 bridgehead atoms. The fraction of sp³-hybridized carbons (Fsp3) is 0.200. The second-order valence-electron chi connectivity index (χ2n) is 6.32. The zero-order valence-corrected chi connectivity index (χ0v) is 16.1. The van der Waals surface area contributed by atoms with Gasteiger partial charge in [0.1, 0.15) is 5.69 Å². The number of aryl methyl sites for hydroxylation is 3. The van der Waals surface area contributed by atoms with Gasteiger partial charge in [0, 0.05) is 17.8 Å². The van der Waals surface area contributed by atoms with Gasteiger partial charge in [0.15, 0.2) is 0 Å². The minimum atomic E-state index is -0.225. The number of rotatable bonds is 3. The van der Waals surface area contributed by atoms with Gasteiger partial charge in [0.05, 0.1) is 26.3 Å². The number of nitrogens with one attached hydrogen (secondary N) is 1. The van der Waals surface area contributed by atoms with Crippen LogP contribution in [0.5, 0.6) is 0 Å². The van der Waals surface area contributed by atoms with Crippen molar-refractivity contribution in [2.45, 2.75) is 27.3 Å². The van der Waals surface area contributed by atoms with E-state index in [1.165, 1.54) is 0 Å². The smallest absolute Gasteiger partial charge is 0.272 e. The van der Waals surface area contributed by atoms with Crippen LogP contribution in [0.1, 0.15) is 28.0 Å². The van der Waals surface area contributed by atoms with E-state index in [-0.39, 0.29) is 11.5 Å². The largest absolute Gasteiger partial charge is 0.322 e. The zero-order valence-electron chi connectivity index (χ0n) is 15.2. The summed E-state index contributed by atoms with van der Waals surface area (Å²) in [5, 5.41) is 3.90. The molecule has 1 amide bonds. The van der Waals surface area contributed by atoms with Gasteiger partial charge in [0.2, 0.25) is 0 Å². The van der Waals surface area contributed by atoms with Crippen LogP contribution in [0.25, 0.3) is 21.3 Å². The van der Waals surface area contributed by atoms with Gasteiger partial charge in [-0.15, -0.1) is 11.3 Å². The molecular weight excluding hydrogens is 360 g/mol. The van der Waals surface area contributed by atoms with Crippen molar-refractivity contribution in [1.29, 1.82) is 0 Å². The van der Waals surface area contributed by atoms with E-state index >= 15 is 0 Å². The molecule has 2 aromatic carbocycles. The summed E-state index contributed by atoms with van der Waals surface area (Å²) in [5.41, 5.74) is 3.74. The van der Waals surface area contributed by atoms with Crippen LogP contribution < -0.4 is 10.9 Å². The Morgan fingerprint density at radius 1 is 1.11 bits per heavy atom. The second kappa shape index (κ2) is 6.59. The minimum absolute atomic E-state index is 0.103. The fourth-order valence-corrected chi connectivity index (χ4v) is 3.96. The number of aromatic nitrogens is 3. The number of benzene rings is 2. The fourth-order valence-electron chi connectivity index (χ4n) is 3.15. The highest BCUT2D eigenvalue weighted by Crippen LogP contribution is 2.25. The van der Waals surface area contributed by atoms with E-state index in [0.29, 0.717) is 29.0 Å². The Labute approximate surface area is 159 Å². The molecule has 0 saturated carbocycles. The number of nitrogens with zero attached hydrogens (tertiary/aromatic N) is 3. The third kappa shape index (κ3) is 3.10. The van der Waals surface area contributed by atoms with E-state index in [9.17, 15) is 9.59 Å². The molecule has 0 unspecified atom stereocenters. The van der Waals surface area contributed by atoms with Gasteiger partial charge in [-0.3, -0.25) is 9.59 Å². The topological polar surface area (TPSA) is 76.9 Å². The van der Waals surface area contributed by atoms with Crippen LogP contribution >= 0.6 is 11.3 Å². The summed E-state index contributed by atoms with van der Waals surface area (Å²) in [5.74, 6) is -0.225. The molecule has 27 heavy (non-hydrogen) atoms. The normalized spacial score (nSPS) is 11.2. The van der Waals surface area contributed by atoms with Crippen LogP contribution in [-0.4, -0.2) is 20.4 Å². The Morgan fingerprint density at radius 3 is 2.70 bits per heavy atom. The summed E-state index contributed by atoms with van der Waals surface area (Å²) in [7, 11) is 0. The Balaban J connectivity index is 1.69. The molecule has 0 spiro atoms. The molecule has 6 nitrogen and oxygen atoms in total. The average molecular weight is 378 g/mol. The summed E-state index contributed by atoms with van der Waals surface area (Å²) in [4.78, 5) is 33.7.